The number of nitrogens with one attached hydrogen (secondary N) is 3. The summed E-state index contributed by atoms with van der Waals surface area (Å²) in [6, 6.07) is 11.5. The summed E-state index contributed by atoms with van der Waals surface area (Å²) in [6.07, 6.45) is 4.62. The Hall–Kier alpha value is -5.47. The number of fused-ring (bicyclic) bond motifs is 12. The number of benzene rings is 1. The monoisotopic (exact) mass is 624 g/mol. The first-order valence-electron chi connectivity index (χ1n) is 14.5. The maximum atomic E-state index is 13.0. The van der Waals surface area contributed by atoms with Gasteiger partial charge in [0, 0.05) is 19.1 Å². The van der Waals surface area contributed by atoms with Crippen LogP contribution in [0.5, 0.6) is 0 Å². The molecule has 5 heterocycles. The van der Waals surface area contributed by atoms with Crippen LogP contribution in [0, 0.1) is 5.41 Å². The lowest BCUT2D eigenvalue weighted by Gasteiger charge is -2.20. The van der Waals surface area contributed by atoms with Gasteiger partial charge in [0.1, 0.15) is 30.2 Å². The zero-order valence-corrected chi connectivity index (χ0v) is 25.5. The van der Waals surface area contributed by atoms with Gasteiger partial charge in [-0.25, -0.2) is 19.9 Å². The summed E-state index contributed by atoms with van der Waals surface area (Å²) in [5, 5.41) is 14.1. The molecule has 0 radical (unpaired) electrons. The molecular weight excluding hydrogens is 592 g/mol. The Morgan fingerprint density at radius 1 is 0.783 bits per heavy atom. The van der Waals surface area contributed by atoms with Gasteiger partial charge in [-0.05, 0) is 56.3 Å². The Balaban J connectivity index is 1.29. The van der Waals surface area contributed by atoms with Crippen molar-refractivity contribution in [1.29, 1.82) is 5.41 Å². The fourth-order valence-electron chi connectivity index (χ4n) is 4.73. The van der Waals surface area contributed by atoms with Crippen molar-refractivity contribution < 1.29 is 27.6 Å². The molecule has 0 saturated heterocycles. The molecule has 1 aliphatic heterocycles. The zero-order valence-electron chi connectivity index (χ0n) is 25.5. The van der Waals surface area contributed by atoms with Crippen molar-refractivity contribution in [3.05, 3.63) is 94.9 Å². The predicted molar refractivity (Wildman–Crippen MR) is 164 cm³/mol. The lowest BCUT2D eigenvalue weighted by Crippen LogP contribution is -2.27. The first kappa shape index (κ1) is 30.6. The highest BCUT2D eigenvalue weighted by atomic mass is 16.5. The minimum atomic E-state index is -0.450. The Labute approximate surface area is 263 Å². The zero-order chi connectivity index (χ0) is 32.2. The van der Waals surface area contributed by atoms with Gasteiger partial charge in [0.25, 0.3) is 11.8 Å². The molecule has 14 nitrogen and oxygen atoms in total. The number of amides is 2. The van der Waals surface area contributed by atoms with Crippen LogP contribution in [0.3, 0.4) is 0 Å². The molecule has 0 aliphatic carbocycles. The van der Waals surface area contributed by atoms with E-state index < -0.39 is 11.8 Å². The molecule has 236 valence electrons. The van der Waals surface area contributed by atoms with Crippen LogP contribution in [-0.4, -0.2) is 69.1 Å². The van der Waals surface area contributed by atoms with Crippen molar-refractivity contribution in [2.24, 2.45) is 0 Å². The summed E-state index contributed by atoms with van der Waals surface area (Å²) in [5.74, 6) is -0.543. The van der Waals surface area contributed by atoms with Crippen LogP contribution in [0.1, 0.15) is 56.2 Å². The van der Waals surface area contributed by atoms with E-state index in [1.165, 1.54) is 18.8 Å². The van der Waals surface area contributed by atoms with E-state index in [2.05, 4.69) is 42.4 Å². The second-order valence-electron chi connectivity index (χ2n) is 11.1. The highest BCUT2D eigenvalue weighted by molar-refractivity contribution is 5.97. The van der Waals surface area contributed by atoms with E-state index in [0.717, 1.165) is 23.1 Å². The molecule has 1 atom stereocenters. The van der Waals surface area contributed by atoms with E-state index in [0.29, 0.717) is 17.1 Å². The highest BCUT2D eigenvalue weighted by Crippen LogP contribution is 2.24. The maximum Gasteiger partial charge on any atom is 0.273 e. The lowest BCUT2D eigenvalue weighted by atomic mass is 10.00. The van der Waals surface area contributed by atoms with Crippen LogP contribution in [0.15, 0.2) is 68.4 Å². The number of nitrogens with zero attached hydrogens (tertiary/aromatic N) is 5. The Kier molecular flexibility index (Phi) is 8.81. The molecule has 4 aromatic heterocycles. The molecule has 3 N–H and O–H groups in total. The van der Waals surface area contributed by atoms with Crippen LogP contribution in [-0.2, 0) is 30.9 Å². The van der Waals surface area contributed by atoms with Crippen LogP contribution in [0.2, 0.25) is 0 Å². The number of hydrogen-bond acceptors (Lipinski definition) is 12. The van der Waals surface area contributed by atoms with Crippen LogP contribution in [0.4, 0.5) is 0 Å². The molecule has 2 amide bonds. The molecule has 6 rings (SSSR count). The summed E-state index contributed by atoms with van der Waals surface area (Å²) in [7, 11) is 4.03. The first-order chi connectivity index (χ1) is 22.2. The number of hydrogen-bond donors (Lipinski definition) is 3. The molecule has 0 spiro atoms. The number of pyridine rings is 1. The number of carbonyl (C=O) groups excluding carboxylic acids is 2. The van der Waals surface area contributed by atoms with Gasteiger partial charge < -0.3 is 33.5 Å². The Bertz CT molecular complexity index is 1890. The third kappa shape index (κ3) is 7.08. The van der Waals surface area contributed by atoms with Crippen LogP contribution in [0.25, 0.3) is 23.2 Å². The third-order valence-electron chi connectivity index (χ3n) is 7.41. The van der Waals surface area contributed by atoms with Crippen molar-refractivity contribution in [3.8, 4) is 23.2 Å². The SMILES string of the molecule is CC(Cc1cc2cc(c1)CNC(=O)c1coc(n1)-c1coc(n1)-c1cccc(n1)COCC(=N)c1nc(co1)C(=O)NC2)N(C)C. The van der Waals surface area contributed by atoms with E-state index >= 15 is 0 Å². The van der Waals surface area contributed by atoms with Gasteiger partial charge in [0.2, 0.25) is 17.7 Å². The topological polar surface area (TPSA) is 186 Å². The molecule has 1 unspecified atom stereocenters. The summed E-state index contributed by atoms with van der Waals surface area (Å²) < 4.78 is 22.2. The summed E-state index contributed by atoms with van der Waals surface area (Å²) >= 11 is 0. The van der Waals surface area contributed by atoms with Gasteiger partial charge >= 0.3 is 0 Å². The molecular formula is C32H32N8O6. The Morgan fingerprint density at radius 3 is 2.04 bits per heavy atom. The highest BCUT2D eigenvalue weighted by Gasteiger charge is 2.19. The molecule has 46 heavy (non-hydrogen) atoms. The van der Waals surface area contributed by atoms with Gasteiger partial charge in [-0.15, -0.1) is 0 Å². The summed E-state index contributed by atoms with van der Waals surface area (Å²) in [4.78, 5) is 45.5. The van der Waals surface area contributed by atoms with E-state index in [1.807, 2.05) is 32.3 Å². The third-order valence-corrected chi connectivity index (χ3v) is 7.41. The lowest BCUT2D eigenvalue weighted by molar-refractivity contribution is 0.0938. The van der Waals surface area contributed by atoms with E-state index in [9.17, 15) is 9.59 Å². The molecule has 0 fully saturated rings. The van der Waals surface area contributed by atoms with Crippen molar-refractivity contribution in [2.45, 2.75) is 39.1 Å². The average molecular weight is 625 g/mol. The van der Waals surface area contributed by atoms with Gasteiger partial charge in [0.15, 0.2) is 17.1 Å². The van der Waals surface area contributed by atoms with Gasteiger partial charge in [0.05, 0.1) is 18.9 Å². The summed E-state index contributed by atoms with van der Waals surface area (Å²) in [5.41, 5.74) is 4.17. The van der Waals surface area contributed by atoms with E-state index in [4.69, 9.17) is 23.4 Å². The van der Waals surface area contributed by atoms with E-state index in [1.54, 1.807) is 18.2 Å². The van der Waals surface area contributed by atoms with Gasteiger partial charge in [-0.2, -0.15) is 0 Å². The number of aromatic nitrogens is 4. The minimum absolute atomic E-state index is 0.0167. The molecule has 1 aromatic carbocycles. The number of ether oxygens (including phenoxy) is 1. The minimum Gasteiger partial charge on any atom is -0.443 e. The standard InChI is InChI=1S/C32H32N8O6/c1-18(40(2)3)7-19-8-20-10-21(9-19)12-35-29(42)26-16-45-32(38-26)27-17-46-31(39-27)24-6-4-5-22(36-24)13-43-14-23(33)30-37-25(15-44-30)28(41)34-11-20/h4-6,8-10,15-18,33H,7,11-14H2,1-3H3,(H,34,41)(H,35,42). The van der Waals surface area contributed by atoms with Gasteiger partial charge in [-0.1, -0.05) is 24.3 Å². The first-order valence-corrected chi connectivity index (χ1v) is 14.5. The number of carbonyl (C=O) groups is 2. The average Bonchev–Trinajstić information content (AvgIpc) is 3.83. The normalized spacial score (nSPS) is 15.1. The quantitative estimate of drug-likeness (QED) is 0.266. The fraction of sp³-hybridized carbons (Fsp3) is 0.281. The number of oxazole rings is 3. The number of likely N-dealkylation sites (N-methyl/N-ethyl adjacent to an activating group) is 1. The van der Waals surface area contributed by atoms with Crippen molar-refractivity contribution in [1.82, 2.24) is 35.5 Å². The number of rotatable bonds is 3. The molecule has 0 saturated carbocycles. The molecule has 5 aromatic rings. The van der Waals surface area contributed by atoms with Crippen LogP contribution < -0.4 is 10.6 Å². The van der Waals surface area contributed by atoms with Crippen molar-refractivity contribution >= 4 is 17.5 Å². The second-order valence-corrected chi connectivity index (χ2v) is 11.1. The fourth-order valence-corrected chi connectivity index (χ4v) is 4.73. The van der Waals surface area contributed by atoms with Gasteiger partial charge in [-0.3, -0.25) is 15.0 Å². The Morgan fingerprint density at radius 2 is 1.37 bits per heavy atom. The molecule has 10 bridgehead atoms. The second kappa shape index (κ2) is 13.3. The van der Waals surface area contributed by atoms with Crippen LogP contribution >= 0.6 is 0 Å². The predicted octanol–water partition coefficient (Wildman–Crippen LogP) is 3.63. The molecule has 1 aliphatic rings. The summed E-state index contributed by atoms with van der Waals surface area (Å²) in [6.45, 7) is 2.53. The largest absolute Gasteiger partial charge is 0.443 e. The van der Waals surface area contributed by atoms with E-state index in [-0.39, 0.29) is 67.1 Å². The smallest absolute Gasteiger partial charge is 0.273 e. The maximum absolute atomic E-state index is 13.0. The molecule has 14 heteroatoms. The van der Waals surface area contributed by atoms with Crippen molar-refractivity contribution in [2.75, 3.05) is 20.7 Å². The van der Waals surface area contributed by atoms with Crippen molar-refractivity contribution in [3.63, 3.8) is 0 Å².